The zero-order valence-corrected chi connectivity index (χ0v) is 10.6. The monoisotopic (exact) mass is 220 g/mol. The largest absolute Gasteiger partial charge is 0.323 e. The maximum atomic E-state index is 11.9. The van der Waals surface area contributed by atoms with Crippen molar-refractivity contribution in [2.75, 3.05) is 14.1 Å². The lowest BCUT2D eigenvalue weighted by atomic mass is 9.62. The van der Waals surface area contributed by atoms with Gasteiger partial charge in [-0.05, 0) is 12.8 Å². The van der Waals surface area contributed by atoms with Crippen LogP contribution in [0.25, 0.3) is 0 Å². The molecule has 1 aliphatic heterocycles. The molecule has 3 unspecified atom stereocenters. The molecule has 0 aromatic carbocycles. The van der Waals surface area contributed by atoms with Crippen LogP contribution in [0.5, 0.6) is 0 Å². The van der Waals surface area contributed by atoms with E-state index in [1.165, 1.54) is 12.8 Å². The Hall–Kier alpha value is -0.665. The lowest BCUT2D eigenvalue weighted by molar-refractivity contribution is 0.198. The van der Waals surface area contributed by atoms with Crippen molar-refractivity contribution in [3.05, 3.63) is 0 Å². The summed E-state index contributed by atoms with van der Waals surface area (Å²) in [5.74, 6) is 0. The first-order chi connectivity index (χ1) is 7.42. The molecule has 2 fully saturated rings. The molecular formula is C12H21BN2O. The summed E-state index contributed by atoms with van der Waals surface area (Å²) in [6.07, 6.45) is 5.47. The van der Waals surface area contributed by atoms with E-state index in [0.717, 1.165) is 19.3 Å². The Kier molecular flexibility index (Phi) is 2.93. The van der Waals surface area contributed by atoms with Crippen LogP contribution in [0.15, 0.2) is 0 Å². The van der Waals surface area contributed by atoms with Crippen molar-refractivity contribution < 1.29 is 4.79 Å². The topological polar surface area (TPSA) is 23.6 Å². The number of amides is 2. The number of nitrogens with zero attached hydrogens (tertiary/aromatic N) is 2. The van der Waals surface area contributed by atoms with Crippen molar-refractivity contribution in [1.82, 2.24) is 9.80 Å². The summed E-state index contributed by atoms with van der Waals surface area (Å²) in [6.45, 7) is 2.12. The molecule has 2 aliphatic rings. The average molecular weight is 220 g/mol. The molecule has 3 atom stereocenters. The van der Waals surface area contributed by atoms with Crippen LogP contribution in [-0.4, -0.2) is 49.9 Å². The Morgan fingerprint density at radius 2 is 1.88 bits per heavy atom. The SMILES string of the molecule is [B]C1(C)CCCCC2C(C1)N(C)C(=O)N2C. The first-order valence-corrected chi connectivity index (χ1v) is 6.21. The molecule has 0 spiro atoms. The number of carbonyl (C=O) groups is 1. The molecule has 2 rings (SSSR count). The molecule has 0 N–H and O–H groups in total. The lowest BCUT2D eigenvalue weighted by Gasteiger charge is -2.36. The zero-order chi connectivity index (χ0) is 11.9. The molecule has 4 heteroatoms. The number of hydrogen-bond donors (Lipinski definition) is 0. The molecule has 2 amide bonds. The summed E-state index contributed by atoms with van der Waals surface area (Å²) in [5, 5.41) is -0.122. The van der Waals surface area contributed by atoms with Gasteiger partial charge in [0, 0.05) is 14.1 Å². The van der Waals surface area contributed by atoms with E-state index < -0.39 is 0 Å². The quantitative estimate of drug-likeness (QED) is 0.573. The fourth-order valence-electron chi connectivity index (χ4n) is 3.17. The van der Waals surface area contributed by atoms with Crippen LogP contribution in [0.2, 0.25) is 5.31 Å². The van der Waals surface area contributed by atoms with Crippen molar-refractivity contribution in [1.29, 1.82) is 0 Å². The van der Waals surface area contributed by atoms with Crippen LogP contribution in [0, 0.1) is 0 Å². The predicted octanol–water partition coefficient (Wildman–Crippen LogP) is 2.03. The fourth-order valence-corrected chi connectivity index (χ4v) is 3.17. The van der Waals surface area contributed by atoms with Gasteiger partial charge in [-0.2, -0.15) is 0 Å². The molecule has 2 radical (unpaired) electrons. The van der Waals surface area contributed by atoms with Gasteiger partial charge in [-0.3, -0.25) is 0 Å². The molecular weight excluding hydrogens is 199 g/mol. The van der Waals surface area contributed by atoms with Crippen molar-refractivity contribution in [2.24, 2.45) is 0 Å². The van der Waals surface area contributed by atoms with Crippen LogP contribution < -0.4 is 0 Å². The Morgan fingerprint density at radius 1 is 1.25 bits per heavy atom. The summed E-state index contributed by atoms with van der Waals surface area (Å²) >= 11 is 0. The molecule has 0 aromatic heterocycles. The van der Waals surface area contributed by atoms with E-state index in [-0.39, 0.29) is 11.3 Å². The Labute approximate surface area is 99.6 Å². The maximum Gasteiger partial charge on any atom is 0.320 e. The highest BCUT2D eigenvalue weighted by Crippen LogP contribution is 2.41. The lowest BCUT2D eigenvalue weighted by Crippen LogP contribution is -2.39. The highest BCUT2D eigenvalue weighted by atomic mass is 16.2. The number of fused-ring (bicyclic) bond motifs is 1. The van der Waals surface area contributed by atoms with Gasteiger partial charge in [0.1, 0.15) is 0 Å². The second-order valence-corrected chi connectivity index (χ2v) is 5.74. The van der Waals surface area contributed by atoms with Crippen molar-refractivity contribution in [2.45, 2.75) is 56.4 Å². The standard InChI is InChI=1S/C12H21BN2O/c1-12(13)7-5-4-6-9-10(8-12)15(3)11(16)14(9)2/h9-10H,4-8H2,1-3H3. The summed E-state index contributed by atoms with van der Waals surface area (Å²) in [4.78, 5) is 15.7. The summed E-state index contributed by atoms with van der Waals surface area (Å²) in [5.41, 5.74) is 0. The molecule has 16 heavy (non-hydrogen) atoms. The van der Waals surface area contributed by atoms with Gasteiger partial charge in [0.25, 0.3) is 0 Å². The smallest absolute Gasteiger partial charge is 0.320 e. The Balaban J connectivity index is 2.21. The highest BCUT2D eigenvalue weighted by Gasteiger charge is 2.44. The second-order valence-electron chi connectivity index (χ2n) is 5.74. The molecule has 1 heterocycles. The van der Waals surface area contributed by atoms with Gasteiger partial charge < -0.3 is 9.80 Å². The van der Waals surface area contributed by atoms with E-state index in [0.29, 0.717) is 12.1 Å². The van der Waals surface area contributed by atoms with Crippen LogP contribution >= 0.6 is 0 Å². The van der Waals surface area contributed by atoms with E-state index in [4.69, 9.17) is 7.85 Å². The number of urea groups is 1. The highest BCUT2D eigenvalue weighted by molar-refractivity contribution is 6.14. The summed E-state index contributed by atoms with van der Waals surface area (Å²) < 4.78 is 0. The minimum Gasteiger partial charge on any atom is -0.323 e. The van der Waals surface area contributed by atoms with E-state index >= 15 is 0 Å². The van der Waals surface area contributed by atoms with E-state index in [2.05, 4.69) is 6.92 Å². The van der Waals surface area contributed by atoms with Crippen LogP contribution in [-0.2, 0) is 0 Å². The number of likely N-dealkylation sites (N-methyl/N-ethyl adjacent to an activating group) is 2. The molecule has 1 saturated heterocycles. The fraction of sp³-hybridized carbons (Fsp3) is 0.917. The first-order valence-electron chi connectivity index (χ1n) is 6.21. The van der Waals surface area contributed by atoms with Gasteiger partial charge in [-0.1, -0.05) is 31.5 Å². The number of carbonyl (C=O) groups excluding carboxylic acids is 1. The Morgan fingerprint density at radius 3 is 2.56 bits per heavy atom. The van der Waals surface area contributed by atoms with Crippen molar-refractivity contribution >= 4 is 13.9 Å². The van der Waals surface area contributed by atoms with Gasteiger partial charge in [-0.25, -0.2) is 4.79 Å². The minimum absolute atomic E-state index is 0.122. The summed E-state index contributed by atoms with van der Waals surface area (Å²) in [7, 11) is 10.1. The van der Waals surface area contributed by atoms with Gasteiger partial charge in [-0.15, -0.1) is 0 Å². The second kappa shape index (κ2) is 3.97. The summed E-state index contributed by atoms with van der Waals surface area (Å²) in [6, 6.07) is 0.807. The van der Waals surface area contributed by atoms with Gasteiger partial charge in [0.2, 0.25) is 0 Å². The van der Waals surface area contributed by atoms with Crippen LogP contribution in [0.1, 0.15) is 39.0 Å². The third kappa shape index (κ3) is 1.94. The molecule has 1 saturated carbocycles. The Bertz CT molecular complexity index is 293. The van der Waals surface area contributed by atoms with Crippen molar-refractivity contribution in [3.63, 3.8) is 0 Å². The zero-order valence-electron chi connectivity index (χ0n) is 10.6. The molecule has 3 nitrogen and oxygen atoms in total. The van der Waals surface area contributed by atoms with Crippen LogP contribution in [0.4, 0.5) is 4.79 Å². The normalized spacial score (nSPS) is 40.6. The molecule has 1 aliphatic carbocycles. The van der Waals surface area contributed by atoms with E-state index in [1.54, 1.807) is 0 Å². The number of rotatable bonds is 0. The molecule has 88 valence electrons. The van der Waals surface area contributed by atoms with E-state index in [9.17, 15) is 4.79 Å². The van der Waals surface area contributed by atoms with Gasteiger partial charge in [0.15, 0.2) is 0 Å². The van der Waals surface area contributed by atoms with Crippen molar-refractivity contribution in [3.8, 4) is 0 Å². The minimum atomic E-state index is -0.122. The molecule has 0 aromatic rings. The molecule has 0 bridgehead atoms. The van der Waals surface area contributed by atoms with Gasteiger partial charge in [0.05, 0.1) is 19.9 Å². The van der Waals surface area contributed by atoms with Gasteiger partial charge >= 0.3 is 6.03 Å². The predicted molar refractivity (Wildman–Crippen MR) is 65.7 cm³/mol. The maximum absolute atomic E-state index is 11.9. The number of hydrogen-bond acceptors (Lipinski definition) is 1. The third-order valence-electron chi connectivity index (χ3n) is 4.22. The average Bonchev–Trinajstić information content (AvgIpc) is 2.37. The van der Waals surface area contributed by atoms with Crippen LogP contribution in [0.3, 0.4) is 0 Å². The van der Waals surface area contributed by atoms with E-state index in [1.807, 2.05) is 23.9 Å². The third-order valence-corrected chi connectivity index (χ3v) is 4.22. The first kappa shape index (κ1) is 11.8.